The summed E-state index contributed by atoms with van der Waals surface area (Å²) in [5.74, 6) is 0. The molecule has 0 aliphatic heterocycles. The summed E-state index contributed by atoms with van der Waals surface area (Å²) in [6.45, 7) is 1.12. The van der Waals surface area contributed by atoms with E-state index in [-0.39, 0.29) is 0 Å². The van der Waals surface area contributed by atoms with Gasteiger partial charge in [0.2, 0.25) is 0 Å². The first-order valence-corrected chi connectivity index (χ1v) is 7.96. The number of unbranched alkanes of at least 4 members (excludes halogenated alkanes) is 1. The number of nitrogens with zero attached hydrogens (tertiary/aromatic N) is 1. The second kappa shape index (κ2) is 5.31. The first-order chi connectivity index (χ1) is 8.92. The highest BCUT2D eigenvalue weighted by molar-refractivity contribution is 14.1. The summed E-state index contributed by atoms with van der Waals surface area (Å²) in [5, 5.41) is 2.75. The number of para-hydroxylation sites is 2. The van der Waals surface area contributed by atoms with Crippen molar-refractivity contribution in [3.63, 3.8) is 0 Å². The molecule has 0 amide bonds. The van der Waals surface area contributed by atoms with Crippen molar-refractivity contribution in [2.45, 2.75) is 19.4 Å². The molecule has 3 aromatic rings. The van der Waals surface area contributed by atoms with Gasteiger partial charge in [0.1, 0.15) is 0 Å². The van der Waals surface area contributed by atoms with Crippen LogP contribution in [0.4, 0.5) is 0 Å². The quantitative estimate of drug-likeness (QED) is 0.355. The maximum absolute atomic E-state index is 2.47. The smallest absolute Gasteiger partial charge is 0.0491 e. The summed E-state index contributed by atoms with van der Waals surface area (Å²) >= 11 is 2.46. The number of rotatable bonds is 4. The van der Waals surface area contributed by atoms with Gasteiger partial charge in [-0.05, 0) is 29.4 Å². The predicted octanol–water partition coefficient (Wildman–Crippen LogP) is 5.01. The van der Waals surface area contributed by atoms with Crippen LogP contribution in [-0.2, 0) is 6.54 Å². The molecule has 0 aliphatic carbocycles. The molecule has 0 saturated heterocycles. The minimum atomic E-state index is 1.12. The summed E-state index contributed by atoms with van der Waals surface area (Å²) in [7, 11) is 0. The van der Waals surface area contributed by atoms with Crippen LogP contribution in [0.1, 0.15) is 12.8 Å². The Hall–Kier alpha value is -1.03. The third kappa shape index (κ3) is 2.03. The molecule has 1 nitrogen and oxygen atoms in total. The van der Waals surface area contributed by atoms with Crippen molar-refractivity contribution in [2.24, 2.45) is 0 Å². The van der Waals surface area contributed by atoms with Crippen molar-refractivity contribution in [1.29, 1.82) is 0 Å². The van der Waals surface area contributed by atoms with E-state index in [9.17, 15) is 0 Å². The van der Waals surface area contributed by atoms with Gasteiger partial charge in [0.15, 0.2) is 0 Å². The molecular weight excluding hydrogens is 333 g/mol. The summed E-state index contributed by atoms with van der Waals surface area (Å²) in [6.07, 6.45) is 2.55. The van der Waals surface area contributed by atoms with E-state index in [0.29, 0.717) is 0 Å². The zero-order valence-corrected chi connectivity index (χ0v) is 12.4. The van der Waals surface area contributed by atoms with E-state index in [1.165, 1.54) is 39.1 Å². The predicted molar refractivity (Wildman–Crippen MR) is 87.6 cm³/mol. The highest BCUT2D eigenvalue weighted by Gasteiger charge is 2.08. The van der Waals surface area contributed by atoms with E-state index >= 15 is 0 Å². The van der Waals surface area contributed by atoms with Gasteiger partial charge in [-0.25, -0.2) is 0 Å². The minimum Gasteiger partial charge on any atom is -0.340 e. The van der Waals surface area contributed by atoms with Crippen LogP contribution in [0.15, 0.2) is 48.5 Å². The molecule has 2 heteroatoms. The van der Waals surface area contributed by atoms with Crippen LogP contribution < -0.4 is 0 Å². The topological polar surface area (TPSA) is 4.93 Å². The zero-order valence-electron chi connectivity index (χ0n) is 10.3. The minimum absolute atomic E-state index is 1.12. The number of fused-ring (bicyclic) bond motifs is 3. The molecule has 0 fully saturated rings. The van der Waals surface area contributed by atoms with Gasteiger partial charge in [0.25, 0.3) is 0 Å². The van der Waals surface area contributed by atoms with Gasteiger partial charge in [0, 0.05) is 28.4 Å². The molecule has 18 heavy (non-hydrogen) atoms. The van der Waals surface area contributed by atoms with Crippen LogP contribution in [0.5, 0.6) is 0 Å². The van der Waals surface area contributed by atoms with Crippen molar-refractivity contribution in [2.75, 3.05) is 4.43 Å². The zero-order chi connectivity index (χ0) is 12.4. The number of aryl methyl sites for hydroxylation is 1. The Morgan fingerprint density at radius 3 is 1.89 bits per heavy atom. The van der Waals surface area contributed by atoms with E-state index in [1.807, 2.05) is 0 Å². The van der Waals surface area contributed by atoms with Gasteiger partial charge in [-0.2, -0.15) is 0 Å². The Labute approximate surface area is 121 Å². The number of alkyl halides is 1. The van der Waals surface area contributed by atoms with Crippen molar-refractivity contribution >= 4 is 44.4 Å². The Morgan fingerprint density at radius 1 is 0.778 bits per heavy atom. The molecular formula is C16H16IN. The maximum Gasteiger partial charge on any atom is 0.0491 e. The van der Waals surface area contributed by atoms with Gasteiger partial charge in [-0.1, -0.05) is 59.0 Å². The lowest BCUT2D eigenvalue weighted by Crippen LogP contribution is -1.97. The molecule has 1 heterocycles. The maximum atomic E-state index is 2.47. The normalized spacial score (nSPS) is 11.4. The van der Waals surface area contributed by atoms with E-state index in [0.717, 1.165) is 6.54 Å². The summed E-state index contributed by atoms with van der Waals surface area (Å²) in [5.41, 5.74) is 2.74. The molecule has 0 aliphatic rings. The van der Waals surface area contributed by atoms with Crippen molar-refractivity contribution in [3.05, 3.63) is 48.5 Å². The molecule has 0 N–H and O–H groups in total. The van der Waals surface area contributed by atoms with E-state index in [4.69, 9.17) is 0 Å². The highest BCUT2D eigenvalue weighted by atomic mass is 127. The summed E-state index contributed by atoms with van der Waals surface area (Å²) < 4.78 is 3.71. The number of benzene rings is 2. The van der Waals surface area contributed by atoms with Gasteiger partial charge in [0.05, 0.1) is 0 Å². The number of hydrogen-bond donors (Lipinski definition) is 0. The lowest BCUT2D eigenvalue weighted by molar-refractivity contribution is 0.672. The fourth-order valence-electron chi connectivity index (χ4n) is 2.61. The Kier molecular flexibility index (Phi) is 3.55. The lowest BCUT2D eigenvalue weighted by atomic mass is 10.2. The third-order valence-corrected chi connectivity index (χ3v) is 4.21. The van der Waals surface area contributed by atoms with Crippen molar-refractivity contribution in [1.82, 2.24) is 4.57 Å². The molecule has 0 atom stereocenters. The SMILES string of the molecule is ICCCCn1c2ccccc2c2ccccc21. The fraction of sp³-hybridized carbons (Fsp3) is 0.250. The first-order valence-electron chi connectivity index (χ1n) is 6.44. The van der Waals surface area contributed by atoms with Crippen molar-refractivity contribution in [3.8, 4) is 0 Å². The molecule has 92 valence electrons. The summed E-state index contributed by atoms with van der Waals surface area (Å²) in [6, 6.07) is 17.5. The van der Waals surface area contributed by atoms with Crippen LogP contribution in [0.3, 0.4) is 0 Å². The van der Waals surface area contributed by atoms with Crippen molar-refractivity contribution < 1.29 is 0 Å². The van der Waals surface area contributed by atoms with Crippen LogP contribution in [0.25, 0.3) is 21.8 Å². The number of hydrogen-bond acceptors (Lipinski definition) is 0. The molecule has 0 radical (unpaired) electrons. The van der Waals surface area contributed by atoms with Crippen LogP contribution >= 0.6 is 22.6 Å². The van der Waals surface area contributed by atoms with Gasteiger partial charge in [-0.15, -0.1) is 0 Å². The largest absolute Gasteiger partial charge is 0.340 e. The fourth-order valence-corrected chi connectivity index (χ4v) is 3.15. The van der Waals surface area contributed by atoms with Crippen LogP contribution in [0, 0.1) is 0 Å². The van der Waals surface area contributed by atoms with Gasteiger partial charge in [-0.3, -0.25) is 0 Å². The molecule has 2 aromatic carbocycles. The standard InChI is InChI=1S/C16H16IN/c17-11-5-6-12-18-15-9-3-1-7-13(15)14-8-2-4-10-16(14)18/h1-4,7-10H,5-6,11-12H2. The summed E-state index contributed by atoms with van der Waals surface area (Å²) in [4.78, 5) is 0. The number of aromatic nitrogens is 1. The van der Waals surface area contributed by atoms with Crippen LogP contribution in [0.2, 0.25) is 0 Å². The molecule has 0 unspecified atom stereocenters. The van der Waals surface area contributed by atoms with Crippen LogP contribution in [-0.4, -0.2) is 8.99 Å². The first kappa shape index (κ1) is 12.0. The second-order valence-corrected chi connectivity index (χ2v) is 5.66. The third-order valence-electron chi connectivity index (χ3n) is 3.45. The molecule has 1 aromatic heterocycles. The van der Waals surface area contributed by atoms with E-state index < -0.39 is 0 Å². The Balaban J connectivity index is 2.18. The van der Waals surface area contributed by atoms with Gasteiger partial charge < -0.3 is 4.57 Å². The lowest BCUT2D eigenvalue weighted by Gasteiger charge is -2.06. The highest BCUT2D eigenvalue weighted by Crippen LogP contribution is 2.28. The Morgan fingerprint density at radius 2 is 1.33 bits per heavy atom. The Bertz CT molecular complexity index is 616. The number of halogens is 1. The molecule has 0 bridgehead atoms. The van der Waals surface area contributed by atoms with E-state index in [2.05, 4.69) is 75.7 Å². The average Bonchev–Trinajstić information content (AvgIpc) is 2.74. The second-order valence-electron chi connectivity index (χ2n) is 4.58. The van der Waals surface area contributed by atoms with Gasteiger partial charge >= 0.3 is 0 Å². The molecule has 0 spiro atoms. The molecule has 3 rings (SSSR count). The monoisotopic (exact) mass is 349 g/mol. The molecule has 0 saturated carbocycles. The average molecular weight is 349 g/mol. The van der Waals surface area contributed by atoms with E-state index in [1.54, 1.807) is 0 Å².